The second kappa shape index (κ2) is 7.43. The zero-order chi connectivity index (χ0) is 15.2. The van der Waals surface area contributed by atoms with Crippen molar-refractivity contribution in [2.75, 3.05) is 20.3 Å². The van der Waals surface area contributed by atoms with Crippen molar-refractivity contribution in [2.45, 2.75) is 32.9 Å². The first-order valence-electron chi connectivity index (χ1n) is 7.55. The highest BCUT2D eigenvalue weighted by molar-refractivity contribution is 5.84. The first kappa shape index (κ1) is 15.8. The second-order valence-corrected chi connectivity index (χ2v) is 5.42. The molecule has 3 heteroatoms. The lowest BCUT2D eigenvalue weighted by Gasteiger charge is -2.20. The zero-order valence-electron chi connectivity index (χ0n) is 13.3. The number of rotatable bonds is 7. The molecule has 0 fully saturated rings. The predicted molar refractivity (Wildman–Crippen MR) is 88.0 cm³/mol. The molecule has 0 saturated carbocycles. The van der Waals surface area contributed by atoms with Crippen molar-refractivity contribution in [3.8, 4) is 5.75 Å². The van der Waals surface area contributed by atoms with E-state index in [1.54, 1.807) is 7.11 Å². The van der Waals surface area contributed by atoms with Crippen molar-refractivity contribution >= 4 is 10.8 Å². The summed E-state index contributed by atoms with van der Waals surface area (Å²) in [6, 6.07) is 13.4. The van der Waals surface area contributed by atoms with Gasteiger partial charge in [0.2, 0.25) is 0 Å². The minimum atomic E-state index is 0.298. The Bertz CT molecular complexity index is 582. The molecule has 0 saturated heterocycles. The number of nitrogens with one attached hydrogen (secondary N) is 1. The monoisotopic (exact) mass is 287 g/mol. The lowest BCUT2D eigenvalue weighted by Crippen LogP contribution is -2.32. The second-order valence-electron chi connectivity index (χ2n) is 5.42. The molecule has 0 heterocycles. The van der Waals surface area contributed by atoms with Crippen LogP contribution in [0.5, 0.6) is 5.75 Å². The van der Waals surface area contributed by atoms with Gasteiger partial charge in [0.1, 0.15) is 5.75 Å². The van der Waals surface area contributed by atoms with Crippen LogP contribution in [0.2, 0.25) is 0 Å². The van der Waals surface area contributed by atoms with Gasteiger partial charge in [-0.25, -0.2) is 0 Å². The van der Waals surface area contributed by atoms with E-state index in [1.807, 2.05) is 13.0 Å². The van der Waals surface area contributed by atoms with Crippen LogP contribution in [0.25, 0.3) is 10.8 Å². The van der Waals surface area contributed by atoms with E-state index in [1.165, 1.54) is 16.3 Å². The van der Waals surface area contributed by atoms with Gasteiger partial charge in [0.05, 0.1) is 13.7 Å². The highest BCUT2D eigenvalue weighted by atomic mass is 16.5. The summed E-state index contributed by atoms with van der Waals surface area (Å²) in [5.41, 5.74) is 1.29. The van der Waals surface area contributed by atoms with Gasteiger partial charge in [0.15, 0.2) is 0 Å². The average Bonchev–Trinajstić information content (AvgIpc) is 2.51. The Kier molecular flexibility index (Phi) is 5.59. The summed E-state index contributed by atoms with van der Waals surface area (Å²) in [5, 5.41) is 6.01. The average molecular weight is 287 g/mol. The highest BCUT2D eigenvalue weighted by Crippen LogP contribution is 2.24. The Labute approximate surface area is 127 Å². The van der Waals surface area contributed by atoms with Crippen LogP contribution in [0, 0.1) is 0 Å². The Morgan fingerprint density at radius 3 is 2.48 bits per heavy atom. The summed E-state index contributed by atoms with van der Waals surface area (Å²) in [7, 11) is 1.70. The third kappa shape index (κ3) is 4.19. The van der Waals surface area contributed by atoms with E-state index >= 15 is 0 Å². The maximum absolute atomic E-state index is 5.45. The lowest BCUT2D eigenvalue weighted by atomic mass is 10.0. The van der Waals surface area contributed by atoms with E-state index in [0.717, 1.165) is 19.0 Å². The molecule has 114 valence electrons. The number of fused-ring (bicyclic) bond motifs is 1. The summed E-state index contributed by atoms with van der Waals surface area (Å²) >= 11 is 0. The first-order chi connectivity index (χ1) is 10.1. The molecular weight excluding hydrogens is 262 g/mol. The van der Waals surface area contributed by atoms with Crippen LogP contribution in [-0.4, -0.2) is 26.4 Å². The molecule has 2 atom stereocenters. The minimum absolute atomic E-state index is 0.298. The van der Waals surface area contributed by atoms with Gasteiger partial charge in [0, 0.05) is 18.7 Å². The van der Waals surface area contributed by atoms with E-state index in [9.17, 15) is 0 Å². The topological polar surface area (TPSA) is 30.5 Å². The van der Waals surface area contributed by atoms with Gasteiger partial charge in [-0.15, -0.1) is 0 Å². The normalized spacial score (nSPS) is 14.1. The summed E-state index contributed by atoms with van der Waals surface area (Å²) < 4.78 is 10.7. The van der Waals surface area contributed by atoms with Gasteiger partial charge in [-0.1, -0.05) is 18.2 Å². The van der Waals surface area contributed by atoms with Crippen molar-refractivity contribution in [2.24, 2.45) is 0 Å². The third-order valence-electron chi connectivity index (χ3n) is 3.68. The van der Waals surface area contributed by atoms with E-state index in [2.05, 4.69) is 49.5 Å². The van der Waals surface area contributed by atoms with Crippen molar-refractivity contribution in [3.63, 3.8) is 0 Å². The molecule has 1 N–H and O–H groups in total. The molecule has 2 aromatic carbocycles. The van der Waals surface area contributed by atoms with Gasteiger partial charge in [-0.05, 0) is 55.3 Å². The Balaban J connectivity index is 2.11. The molecule has 0 radical (unpaired) electrons. The lowest BCUT2D eigenvalue weighted by molar-refractivity contribution is 0.124. The molecule has 0 bridgehead atoms. The standard InChI is InChI=1S/C18H25NO2/c1-5-21-12-13(2)19-14(3)15-6-7-17-11-18(20-4)9-8-16(17)10-15/h6-11,13-14,19H,5,12H2,1-4H3. The predicted octanol–water partition coefficient (Wildman–Crippen LogP) is 3.92. The van der Waals surface area contributed by atoms with E-state index in [-0.39, 0.29) is 0 Å². The van der Waals surface area contributed by atoms with Crippen LogP contribution in [0.3, 0.4) is 0 Å². The Morgan fingerprint density at radius 1 is 1.05 bits per heavy atom. The third-order valence-corrected chi connectivity index (χ3v) is 3.68. The van der Waals surface area contributed by atoms with Crippen LogP contribution in [0.4, 0.5) is 0 Å². The molecule has 0 aromatic heterocycles. The Morgan fingerprint density at radius 2 is 1.76 bits per heavy atom. The zero-order valence-corrected chi connectivity index (χ0v) is 13.3. The van der Waals surface area contributed by atoms with Crippen LogP contribution >= 0.6 is 0 Å². The van der Waals surface area contributed by atoms with Crippen molar-refractivity contribution < 1.29 is 9.47 Å². The van der Waals surface area contributed by atoms with E-state index in [4.69, 9.17) is 9.47 Å². The maximum Gasteiger partial charge on any atom is 0.119 e. The van der Waals surface area contributed by atoms with Gasteiger partial charge in [-0.2, -0.15) is 0 Å². The summed E-state index contributed by atoms with van der Waals surface area (Å²) in [6.07, 6.45) is 0. The molecule has 2 aromatic rings. The molecule has 0 aliphatic carbocycles. The first-order valence-corrected chi connectivity index (χ1v) is 7.55. The molecule has 3 nitrogen and oxygen atoms in total. The van der Waals surface area contributed by atoms with Crippen LogP contribution < -0.4 is 10.1 Å². The smallest absolute Gasteiger partial charge is 0.119 e. The minimum Gasteiger partial charge on any atom is -0.497 e. The van der Waals surface area contributed by atoms with Gasteiger partial charge < -0.3 is 14.8 Å². The van der Waals surface area contributed by atoms with E-state index in [0.29, 0.717) is 12.1 Å². The highest BCUT2D eigenvalue weighted by Gasteiger charge is 2.10. The van der Waals surface area contributed by atoms with E-state index < -0.39 is 0 Å². The molecule has 0 aliphatic rings. The van der Waals surface area contributed by atoms with Crippen LogP contribution in [-0.2, 0) is 4.74 Å². The van der Waals surface area contributed by atoms with Crippen LogP contribution in [0.15, 0.2) is 36.4 Å². The molecule has 21 heavy (non-hydrogen) atoms. The van der Waals surface area contributed by atoms with Crippen LogP contribution in [0.1, 0.15) is 32.4 Å². The summed E-state index contributed by atoms with van der Waals surface area (Å²) in [5.74, 6) is 0.895. The maximum atomic E-state index is 5.45. The van der Waals surface area contributed by atoms with Gasteiger partial charge >= 0.3 is 0 Å². The van der Waals surface area contributed by atoms with Gasteiger partial charge in [0.25, 0.3) is 0 Å². The molecule has 2 rings (SSSR count). The molecule has 0 aliphatic heterocycles. The fraction of sp³-hybridized carbons (Fsp3) is 0.444. The number of hydrogen-bond donors (Lipinski definition) is 1. The number of ether oxygens (including phenoxy) is 2. The molecular formula is C18H25NO2. The van der Waals surface area contributed by atoms with Gasteiger partial charge in [-0.3, -0.25) is 0 Å². The quantitative estimate of drug-likeness (QED) is 0.837. The largest absolute Gasteiger partial charge is 0.497 e. The van der Waals surface area contributed by atoms with Crippen molar-refractivity contribution in [1.82, 2.24) is 5.32 Å². The van der Waals surface area contributed by atoms with Crippen molar-refractivity contribution in [3.05, 3.63) is 42.0 Å². The molecule has 0 amide bonds. The fourth-order valence-electron chi connectivity index (χ4n) is 2.50. The van der Waals surface area contributed by atoms with Crippen molar-refractivity contribution in [1.29, 1.82) is 0 Å². The number of methoxy groups -OCH3 is 1. The summed E-state index contributed by atoms with van der Waals surface area (Å²) in [4.78, 5) is 0. The Hall–Kier alpha value is -1.58. The molecule has 2 unspecified atom stereocenters. The fourth-order valence-corrected chi connectivity index (χ4v) is 2.50. The number of hydrogen-bond acceptors (Lipinski definition) is 3. The number of benzene rings is 2. The summed E-state index contributed by atoms with van der Waals surface area (Å²) in [6.45, 7) is 7.86. The molecule has 0 spiro atoms. The SMILES string of the molecule is CCOCC(C)NC(C)c1ccc2cc(OC)ccc2c1.